The van der Waals surface area contributed by atoms with E-state index in [1.54, 1.807) is 11.8 Å². The zero-order valence-corrected chi connectivity index (χ0v) is 8.41. The van der Waals surface area contributed by atoms with Gasteiger partial charge < -0.3 is 4.98 Å². The van der Waals surface area contributed by atoms with E-state index in [0.717, 1.165) is 41.4 Å². The van der Waals surface area contributed by atoms with E-state index in [1.807, 2.05) is 6.92 Å². The molecule has 0 saturated carbocycles. The van der Waals surface area contributed by atoms with Gasteiger partial charge in [0.1, 0.15) is 5.82 Å². The average molecular weight is 196 g/mol. The van der Waals surface area contributed by atoms with E-state index in [0.29, 0.717) is 0 Å². The number of H-pyrrole nitrogens is 1. The Balaban J connectivity index is 2.53. The number of aryl methyl sites for hydroxylation is 2. The van der Waals surface area contributed by atoms with Crippen molar-refractivity contribution in [2.45, 2.75) is 25.5 Å². The number of nitrogens with one attached hydrogen (secondary N) is 1. The second-order valence-electron chi connectivity index (χ2n) is 3.09. The van der Waals surface area contributed by atoms with Crippen molar-refractivity contribution in [1.29, 1.82) is 0 Å². The number of hydrogen-bond donors (Lipinski definition) is 1. The Kier molecular flexibility index (Phi) is 2.40. The van der Waals surface area contributed by atoms with Gasteiger partial charge in [0.2, 0.25) is 0 Å². The van der Waals surface area contributed by atoms with Gasteiger partial charge in [0, 0.05) is 17.7 Å². The van der Waals surface area contributed by atoms with Crippen molar-refractivity contribution < 1.29 is 0 Å². The van der Waals surface area contributed by atoms with E-state index < -0.39 is 0 Å². The molecule has 13 heavy (non-hydrogen) atoms. The summed E-state index contributed by atoms with van der Waals surface area (Å²) in [5.74, 6) is 2.73. The molecule has 0 atom stereocenters. The van der Waals surface area contributed by atoms with E-state index in [1.165, 1.54) is 0 Å². The highest BCUT2D eigenvalue weighted by Gasteiger charge is 2.14. The maximum Gasteiger partial charge on any atom is 0.255 e. The van der Waals surface area contributed by atoms with Crippen molar-refractivity contribution in [2.24, 2.45) is 0 Å². The van der Waals surface area contributed by atoms with Crippen molar-refractivity contribution in [3.63, 3.8) is 0 Å². The molecule has 1 N–H and O–H groups in total. The number of hydrogen-bond acceptors (Lipinski definition) is 3. The molecule has 1 aromatic rings. The Hall–Kier alpha value is -0.770. The number of thioether (sulfide) groups is 1. The van der Waals surface area contributed by atoms with Crippen LogP contribution in [-0.4, -0.2) is 15.7 Å². The van der Waals surface area contributed by atoms with Crippen molar-refractivity contribution in [3.05, 3.63) is 27.4 Å². The summed E-state index contributed by atoms with van der Waals surface area (Å²) in [5, 5.41) is 0. The van der Waals surface area contributed by atoms with Gasteiger partial charge in [-0.2, -0.15) is 11.8 Å². The summed E-state index contributed by atoms with van der Waals surface area (Å²) < 4.78 is 0. The lowest BCUT2D eigenvalue weighted by atomic mass is 10.2. The molecule has 2 heterocycles. The van der Waals surface area contributed by atoms with Gasteiger partial charge in [0.15, 0.2) is 0 Å². The normalized spacial score (nSPS) is 15.5. The predicted octanol–water partition coefficient (Wildman–Crippen LogP) is 1.12. The van der Waals surface area contributed by atoms with E-state index in [4.69, 9.17) is 0 Å². The van der Waals surface area contributed by atoms with Crippen LogP contribution in [0.2, 0.25) is 0 Å². The molecule has 0 spiro atoms. The first-order chi connectivity index (χ1) is 6.31. The lowest BCUT2D eigenvalue weighted by Gasteiger charge is -2.13. The van der Waals surface area contributed by atoms with Crippen molar-refractivity contribution in [3.8, 4) is 0 Å². The van der Waals surface area contributed by atoms with E-state index in [-0.39, 0.29) is 5.56 Å². The second-order valence-corrected chi connectivity index (χ2v) is 4.20. The van der Waals surface area contributed by atoms with Crippen LogP contribution in [0.4, 0.5) is 0 Å². The molecule has 0 aliphatic carbocycles. The zero-order valence-electron chi connectivity index (χ0n) is 7.59. The molecule has 0 fully saturated rings. The standard InChI is InChI=1S/C9H12N2OS/c1-2-8-10-7-3-4-13-5-6(7)9(12)11-8/h2-5H2,1H3,(H,10,11,12). The molecule has 0 saturated heterocycles. The highest BCUT2D eigenvalue weighted by Crippen LogP contribution is 2.19. The van der Waals surface area contributed by atoms with E-state index >= 15 is 0 Å². The molecule has 0 bridgehead atoms. The number of fused-ring (bicyclic) bond motifs is 1. The summed E-state index contributed by atoms with van der Waals surface area (Å²) in [6.45, 7) is 2.00. The van der Waals surface area contributed by atoms with Gasteiger partial charge >= 0.3 is 0 Å². The first-order valence-corrected chi connectivity index (χ1v) is 5.65. The molecular weight excluding hydrogens is 184 g/mol. The van der Waals surface area contributed by atoms with E-state index in [9.17, 15) is 4.79 Å². The zero-order chi connectivity index (χ0) is 9.26. The minimum Gasteiger partial charge on any atom is -0.310 e. The van der Waals surface area contributed by atoms with Crippen molar-refractivity contribution in [2.75, 3.05) is 5.75 Å². The van der Waals surface area contributed by atoms with Gasteiger partial charge in [-0.1, -0.05) is 6.92 Å². The van der Waals surface area contributed by atoms with Gasteiger partial charge in [-0.15, -0.1) is 0 Å². The fourth-order valence-corrected chi connectivity index (χ4v) is 2.45. The first-order valence-electron chi connectivity index (χ1n) is 4.50. The smallest absolute Gasteiger partial charge is 0.255 e. The minimum absolute atomic E-state index is 0.0639. The van der Waals surface area contributed by atoms with Crippen LogP contribution < -0.4 is 5.56 Å². The topological polar surface area (TPSA) is 45.8 Å². The Morgan fingerprint density at radius 3 is 3.23 bits per heavy atom. The first kappa shape index (κ1) is 8.81. The Morgan fingerprint density at radius 2 is 2.46 bits per heavy atom. The second kappa shape index (κ2) is 3.54. The molecule has 1 aliphatic heterocycles. The average Bonchev–Trinajstić information content (AvgIpc) is 2.18. The summed E-state index contributed by atoms with van der Waals surface area (Å²) in [6.07, 6.45) is 1.74. The van der Waals surface area contributed by atoms with Gasteiger partial charge in [-0.25, -0.2) is 4.98 Å². The van der Waals surface area contributed by atoms with Crippen LogP contribution in [0.3, 0.4) is 0 Å². The monoisotopic (exact) mass is 196 g/mol. The van der Waals surface area contributed by atoms with Crippen LogP contribution in [0.15, 0.2) is 4.79 Å². The Labute approximate surface area is 81.0 Å². The van der Waals surface area contributed by atoms with Crippen molar-refractivity contribution >= 4 is 11.8 Å². The molecule has 0 unspecified atom stereocenters. The largest absolute Gasteiger partial charge is 0.310 e. The number of aromatic nitrogens is 2. The van der Waals surface area contributed by atoms with Gasteiger partial charge in [0.05, 0.1) is 5.69 Å². The summed E-state index contributed by atoms with van der Waals surface area (Å²) in [5.41, 5.74) is 1.96. The van der Waals surface area contributed by atoms with Crippen LogP contribution in [0.1, 0.15) is 24.0 Å². The number of aromatic amines is 1. The molecular formula is C9H12N2OS. The lowest BCUT2D eigenvalue weighted by molar-refractivity contribution is 0.846. The summed E-state index contributed by atoms with van der Waals surface area (Å²) in [7, 11) is 0. The molecule has 70 valence electrons. The molecule has 0 aromatic carbocycles. The van der Waals surface area contributed by atoms with Crippen LogP contribution in [-0.2, 0) is 18.6 Å². The molecule has 2 rings (SSSR count). The Morgan fingerprint density at radius 1 is 1.62 bits per heavy atom. The fourth-order valence-electron chi connectivity index (χ4n) is 1.46. The highest BCUT2D eigenvalue weighted by molar-refractivity contribution is 7.98. The summed E-state index contributed by atoms with van der Waals surface area (Å²) >= 11 is 1.81. The summed E-state index contributed by atoms with van der Waals surface area (Å²) in [4.78, 5) is 18.8. The van der Waals surface area contributed by atoms with Crippen LogP contribution in [0.5, 0.6) is 0 Å². The number of nitrogens with zero attached hydrogens (tertiary/aromatic N) is 1. The minimum atomic E-state index is 0.0639. The molecule has 1 aromatic heterocycles. The van der Waals surface area contributed by atoms with Gasteiger partial charge in [-0.3, -0.25) is 4.79 Å². The Bertz CT molecular complexity index is 372. The molecule has 3 nitrogen and oxygen atoms in total. The fraction of sp³-hybridized carbons (Fsp3) is 0.556. The quantitative estimate of drug-likeness (QED) is 0.732. The van der Waals surface area contributed by atoms with Gasteiger partial charge in [0.25, 0.3) is 5.56 Å². The van der Waals surface area contributed by atoms with Crippen LogP contribution >= 0.6 is 11.8 Å². The number of rotatable bonds is 1. The van der Waals surface area contributed by atoms with Gasteiger partial charge in [-0.05, 0) is 12.2 Å². The predicted molar refractivity (Wildman–Crippen MR) is 54.1 cm³/mol. The highest BCUT2D eigenvalue weighted by atomic mass is 32.2. The van der Waals surface area contributed by atoms with E-state index in [2.05, 4.69) is 9.97 Å². The molecule has 4 heteroatoms. The third-order valence-electron chi connectivity index (χ3n) is 2.21. The van der Waals surface area contributed by atoms with Crippen molar-refractivity contribution in [1.82, 2.24) is 9.97 Å². The molecule has 0 radical (unpaired) electrons. The lowest BCUT2D eigenvalue weighted by Crippen LogP contribution is -2.22. The molecule has 1 aliphatic rings. The molecule has 0 amide bonds. The van der Waals surface area contributed by atoms with Crippen LogP contribution in [0, 0.1) is 0 Å². The summed E-state index contributed by atoms with van der Waals surface area (Å²) in [6, 6.07) is 0. The maximum atomic E-state index is 11.5. The SMILES string of the molecule is CCc1nc2c(c(=O)[nH]1)CSCC2. The maximum absolute atomic E-state index is 11.5. The third kappa shape index (κ3) is 1.63. The van der Waals surface area contributed by atoms with Crippen LogP contribution in [0.25, 0.3) is 0 Å². The third-order valence-corrected chi connectivity index (χ3v) is 3.20.